The molecule has 112 valence electrons. The fourth-order valence-electron chi connectivity index (χ4n) is 2.57. The van der Waals surface area contributed by atoms with E-state index in [-0.39, 0.29) is 11.9 Å². The Bertz CT molecular complexity index is 601. The molecule has 0 aliphatic carbocycles. The largest absolute Gasteiger partial charge is 0.312 e. The van der Waals surface area contributed by atoms with E-state index < -0.39 is 0 Å². The van der Waals surface area contributed by atoms with Gasteiger partial charge in [-0.2, -0.15) is 0 Å². The standard InChI is InChI=1S/C18H22FNS/c1-12-9-14(3)18(15(19)10-12)16(20-4)11-21-17-8-6-5-7-13(17)2/h5-10,16,20H,11H2,1-4H3. The quantitative estimate of drug-likeness (QED) is 0.796. The van der Waals surface area contributed by atoms with Crippen molar-refractivity contribution in [1.82, 2.24) is 5.32 Å². The van der Waals surface area contributed by atoms with Crippen LogP contribution >= 0.6 is 11.8 Å². The highest BCUT2D eigenvalue weighted by Crippen LogP contribution is 2.30. The number of aryl methyl sites for hydroxylation is 3. The molecule has 2 aromatic carbocycles. The molecule has 0 amide bonds. The van der Waals surface area contributed by atoms with Gasteiger partial charge in [-0.05, 0) is 56.6 Å². The second kappa shape index (κ2) is 7.10. The molecule has 2 rings (SSSR count). The van der Waals surface area contributed by atoms with Gasteiger partial charge in [0, 0.05) is 22.3 Å². The first-order valence-corrected chi connectivity index (χ1v) is 8.14. The van der Waals surface area contributed by atoms with Crippen molar-refractivity contribution in [2.45, 2.75) is 31.7 Å². The molecule has 0 fully saturated rings. The molecule has 21 heavy (non-hydrogen) atoms. The lowest BCUT2D eigenvalue weighted by atomic mass is 9.99. The average molecular weight is 303 g/mol. The number of thioether (sulfide) groups is 1. The lowest BCUT2D eigenvalue weighted by Crippen LogP contribution is -2.21. The Morgan fingerprint density at radius 2 is 1.81 bits per heavy atom. The minimum Gasteiger partial charge on any atom is -0.312 e. The number of benzene rings is 2. The van der Waals surface area contributed by atoms with Gasteiger partial charge in [0.1, 0.15) is 5.82 Å². The van der Waals surface area contributed by atoms with Gasteiger partial charge in [0.15, 0.2) is 0 Å². The fraction of sp³-hybridized carbons (Fsp3) is 0.333. The van der Waals surface area contributed by atoms with Crippen molar-refractivity contribution in [2.75, 3.05) is 12.8 Å². The maximum Gasteiger partial charge on any atom is 0.128 e. The highest BCUT2D eigenvalue weighted by molar-refractivity contribution is 7.99. The smallest absolute Gasteiger partial charge is 0.128 e. The van der Waals surface area contributed by atoms with Gasteiger partial charge < -0.3 is 5.32 Å². The summed E-state index contributed by atoms with van der Waals surface area (Å²) in [6.45, 7) is 6.01. The Balaban J connectivity index is 2.20. The first-order chi connectivity index (χ1) is 10.0. The van der Waals surface area contributed by atoms with Crippen molar-refractivity contribution < 1.29 is 4.39 Å². The molecule has 0 saturated heterocycles. The van der Waals surface area contributed by atoms with Gasteiger partial charge in [-0.25, -0.2) is 4.39 Å². The van der Waals surface area contributed by atoms with Crippen molar-refractivity contribution in [3.63, 3.8) is 0 Å². The molecule has 1 unspecified atom stereocenters. The molecule has 1 N–H and O–H groups in total. The topological polar surface area (TPSA) is 12.0 Å². The first-order valence-electron chi connectivity index (χ1n) is 7.15. The number of halogens is 1. The minimum absolute atomic E-state index is 0.00945. The summed E-state index contributed by atoms with van der Waals surface area (Å²) in [6.07, 6.45) is 0. The van der Waals surface area contributed by atoms with Crippen LogP contribution in [0.25, 0.3) is 0 Å². The van der Waals surface area contributed by atoms with E-state index in [1.807, 2.05) is 39.1 Å². The van der Waals surface area contributed by atoms with Crippen molar-refractivity contribution in [3.8, 4) is 0 Å². The van der Waals surface area contributed by atoms with Gasteiger partial charge in [-0.15, -0.1) is 11.8 Å². The third kappa shape index (κ3) is 3.86. The molecule has 3 heteroatoms. The zero-order valence-electron chi connectivity index (χ0n) is 13.0. The van der Waals surface area contributed by atoms with E-state index in [2.05, 4.69) is 24.4 Å². The molecule has 0 spiro atoms. The van der Waals surface area contributed by atoms with Gasteiger partial charge in [0.25, 0.3) is 0 Å². The van der Waals surface area contributed by atoms with Crippen molar-refractivity contribution >= 4 is 11.8 Å². The van der Waals surface area contributed by atoms with Crippen LogP contribution in [0.5, 0.6) is 0 Å². The summed E-state index contributed by atoms with van der Waals surface area (Å²) in [5.41, 5.74) is 4.02. The van der Waals surface area contributed by atoms with Gasteiger partial charge in [-0.1, -0.05) is 24.3 Å². The van der Waals surface area contributed by atoms with Gasteiger partial charge in [-0.3, -0.25) is 0 Å². The number of nitrogens with one attached hydrogen (secondary N) is 1. The Labute approximate surface area is 131 Å². The van der Waals surface area contributed by atoms with E-state index in [1.54, 1.807) is 17.8 Å². The molecule has 0 aliphatic heterocycles. The predicted octanol–water partition coefficient (Wildman–Crippen LogP) is 4.80. The summed E-state index contributed by atoms with van der Waals surface area (Å²) in [7, 11) is 1.89. The van der Waals surface area contributed by atoms with Gasteiger partial charge in [0.05, 0.1) is 0 Å². The summed E-state index contributed by atoms with van der Waals surface area (Å²) in [5, 5.41) is 3.25. The number of rotatable bonds is 5. The molecule has 0 bridgehead atoms. The maximum atomic E-state index is 14.3. The van der Waals surface area contributed by atoms with E-state index in [0.29, 0.717) is 0 Å². The van der Waals surface area contributed by atoms with E-state index >= 15 is 0 Å². The van der Waals surface area contributed by atoms with Crippen LogP contribution in [0, 0.1) is 26.6 Å². The Morgan fingerprint density at radius 1 is 1.10 bits per heavy atom. The van der Waals surface area contributed by atoms with Crippen molar-refractivity contribution in [2.24, 2.45) is 0 Å². The summed E-state index contributed by atoms with van der Waals surface area (Å²) in [5.74, 6) is 0.694. The second-order valence-corrected chi connectivity index (χ2v) is 6.46. The molecule has 1 atom stereocenters. The van der Waals surface area contributed by atoms with E-state index in [4.69, 9.17) is 0 Å². The fourth-order valence-corrected chi connectivity index (χ4v) is 3.72. The predicted molar refractivity (Wildman–Crippen MR) is 89.6 cm³/mol. The molecule has 0 saturated carbocycles. The van der Waals surface area contributed by atoms with Crippen molar-refractivity contribution in [3.05, 3.63) is 64.5 Å². The first kappa shape index (κ1) is 16.1. The zero-order chi connectivity index (χ0) is 15.4. The maximum absolute atomic E-state index is 14.3. The lowest BCUT2D eigenvalue weighted by Gasteiger charge is -2.20. The van der Waals surface area contributed by atoms with Crippen LogP contribution in [-0.4, -0.2) is 12.8 Å². The molecule has 0 aliphatic rings. The monoisotopic (exact) mass is 303 g/mol. The van der Waals surface area contributed by atoms with Crippen LogP contribution in [0.3, 0.4) is 0 Å². The second-order valence-electron chi connectivity index (χ2n) is 5.40. The van der Waals surface area contributed by atoms with Crippen LogP contribution in [-0.2, 0) is 0 Å². The molecular formula is C18H22FNS. The average Bonchev–Trinajstić information content (AvgIpc) is 2.43. The van der Waals surface area contributed by atoms with E-state index in [0.717, 1.165) is 22.4 Å². The summed E-state index contributed by atoms with van der Waals surface area (Å²) in [4.78, 5) is 1.25. The lowest BCUT2D eigenvalue weighted by molar-refractivity contribution is 0.561. The molecule has 0 radical (unpaired) electrons. The summed E-state index contributed by atoms with van der Waals surface area (Å²) < 4.78 is 14.3. The summed E-state index contributed by atoms with van der Waals surface area (Å²) >= 11 is 1.77. The van der Waals surface area contributed by atoms with Crippen LogP contribution in [0.4, 0.5) is 4.39 Å². The Kier molecular flexibility index (Phi) is 5.43. The van der Waals surface area contributed by atoms with Crippen molar-refractivity contribution in [1.29, 1.82) is 0 Å². The number of hydrogen-bond acceptors (Lipinski definition) is 2. The Hall–Kier alpha value is -1.32. The van der Waals surface area contributed by atoms with Crippen LogP contribution in [0.1, 0.15) is 28.3 Å². The highest BCUT2D eigenvalue weighted by Gasteiger charge is 2.17. The van der Waals surface area contributed by atoms with Crippen LogP contribution < -0.4 is 5.32 Å². The minimum atomic E-state index is -0.114. The molecule has 0 aromatic heterocycles. The molecule has 1 nitrogen and oxygen atoms in total. The molecule has 2 aromatic rings. The van der Waals surface area contributed by atoms with Crippen LogP contribution in [0.15, 0.2) is 41.3 Å². The zero-order valence-corrected chi connectivity index (χ0v) is 13.9. The van der Waals surface area contributed by atoms with Gasteiger partial charge in [0.2, 0.25) is 0 Å². The molecular weight excluding hydrogens is 281 g/mol. The Morgan fingerprint density at radius 3 is 2.43 bits per heavy atom. The SMILES string of the molecule is CNC(CSc1ccccc1C)c1c(C)cc(C)cc1F. The van der Waals surface area contributed by atoms with Crippen LogP contribution in [0.2, 0.25) is 0 Å². The normalized spacial score (nSPS) is 12.4. The molecule has 0 heterocycles. The highest BCUT2D eigenvalue weighted by atomic mass is 32.2. The van der Waals surface area contributed by atoms with Gasteiger partial charge >= 0.3 is 0 Å². The third-order valence-corrected chi connectivity index (χ3v) is 4.95. The number of hydrogen-bond donors (Lipinski definition) is 1. The van der Waals surface area contributed by atoms with E-state index in [9.17, 15) is 4.39 Å². The summed E-state index contributed by atoms with van der Waals surface area (Å²) in [6, 6.07) is 12.0. The third-order valence-electron chi connectivity index (χ3n) is 3.68. The van der Waals surface area contributed by atoms with E-state index in [1.165, 1.54) is 10.5 Å².